The van der Waals surface area contributed by atoms with Crippen LogP contribution < -0.4 is 10.6 Å². The lowest BCUT2D eigenvalue weighted by molar-refractivity contribution is 0.0646. The van der Waals surface area contributed by atoms with Crippen LogP contribution in [0.25, 0.3) is 10.9 Å². The molecule has 6 heteroatoms. The van der Waals surface area contributed by atoms with Crippen molar-refractivity contribution in [1.82, 2.24) is 15.6 Å². The Kier molecular flexibility index (Phi) is 9.30. The molecule has 0 saturated heterocycles. The number of nitrogens with zero attached hydrogens (tertiary/aromatic N) is 1. The monoisotopic (exact) mass is 492 g/mol. The van der Waals surface area contributed by atoms with Crippen LogP contribution in [0.2, 0.25) is 0 Å². The Hall–Kier alpha value is -2.06. The highest BCUT2D eigenvalue weighted by atomic mass is 127. The first-order valence-electron chi connectivity index (χ1n) is 9.44. The summed E-state index contributed by atoms with van der Waals surface area (Å²) in [5, 5.41) is 7.89. The quantitative estimate of drug-likeness (QED) is 0.186. The van der Waals surface area contributed by atoms with Gasteiger partial charge in [0.2, 0.25) is 0 Å². The molecule has 1 heterocycles. The van der Waals surface area contributed by atoms with E-state index >= 15 is 0 Å². The Bertz CT molecular complexity index is 830. The highest BCUT2D eigenvalue weighted by Gasteiger charge is 2.05. The number of rotatable bonds is 8. The summed E-state index contributed by atoms with van der Waals surface area (Å²) in [6, 6.07) is 20.7. The van der Waals surface area contributed by atoms with Crippen LogP contribution in [0.5, 0.6) is 0 Å². The van der Waals surface area contributed by atoms with E-state index in [9.17, 15) is 0 Å². The van der Waals surface area contributed by atoms with E-state index in [0.717, 1.165) is 30.1 Å². The first-order valence-corrected chi connectivity index (χ1v) is 9.44. The number of guanidine groups is 1. The lowest BCUT2D eigenvalue weighted by atomic mass is 10.1. The summed E-state index contributed by atoms with van der Waals surface area (Å²) in [7, 11) is 1.79. The maximum Gasteiger partial charge on any atom is 0.191 e. The number of H-pyrrole nitrogens is 1. The van der Waals surface area contributed by atoms with Crippen molar-refractivity contribution in [3.05, 3.63) is 71.9 Å². The Morgan fingerprint density at radius 1 is 1.07 bits per heavy atom. The number of halogens is 1. The summed E-state index contributed by atoms with van der Waals surface area (Å²) in [5.41, 5.74) is 3.50. The molecular weight excluding hydrogens is 463 g/mol. The van der Waals surface area contributed by atoms with Crippen molar-refractivity contribution in [2.75, 3.05) is 20.2 Å². The molecule has 0 saturated carbocycles. The van der Waals surface area contributed by atoms with Gasteiger partial charge in [-0.1, -0.05) is 48.5 Å². The van der Waals surface area contributed by atoms with Crippen LogP contribution >= 0.6 is 24.0 Å². The van der Waals surface area contributed by atoms with Crippen molar-refractivity contribution in [3.8, 4) is 0 Å². The van der Waals surface area contributed by atoms with Gasteiger partial charge in [-0.2, -0.15) is 0 Å². The predicted molar refractivity (Wildman–Crippen MR) is 127 cm³/mol. The second-order valence-electron chi connectivity index (χ2n) is 6.51. The number of benzene rings is 2. The van der Waals surface area contributed by atoms with E-state index in [0.29, 0.717) is 13.2 Å². The second-order valence-corrected chi connectivity index (χ2v) is 6.51. The maximum atomic E-state index is 5.90. The molecule has 0 spiro atoms. The average molecular weight is 492 g/mol. The maximum absolute atomic E-state index is 5.90. The molecule has 2 aromatic carbocycles. The molecule has 1 atom stereocenters. The molecule has 150 valence electrons. The van der Waals surface area contributed by atoms with E-state index in [-0.39, 0.29) is 30.1 Å². The van der Waals surface area contributed by atoms with Crippen molar-refractivity contribution in [2.45, 2.75) is 26.0 Å². The third kappa shape index (κ3) is 6.53. The lowest BCUT2D eigenvalue weighted by Crippen LogP contribution is -2.37. The molecule has 0 bridgehead atoms. The number of aromatic nitrogens is 1. The van der Waals surface area contributed by atoms with Crippen molar-refractivity contribution in [2.24, 2.45) is 4.99 Å². The Morgan fingerprint density at radius 3 is 2.57 bits per heavy atom. The second kappa shape index (κ2) is 11.7. The van der Waals surface area contributed by atoms with E-state index in [1.807, 2.05) is 24.3 Å². The Balaban J connectivity index is 0.00000280. The fourth-order valence-electron chi connectivity index (χ4n) is 2.99. The van der Waals surface area contributed by atoms with E-state index in [1.54, 1.807) is 7.05 Å². The summed E-state index contributed by atoms with van der Waals surface area (Å²) in [6.07, 6.45) is 1.04. The molecule has 5 nitrogen and oxygen atoms in total. The van der Waals surface area contributed by atoms with Gasteiger partial charge in [-0.05, 0) is 36.4 Å². The van der Waals surface area contributed by atoms with E-state index in [2.05, 4.69) is 63.9 Å². The highest BCUT2D eigenvalue weighted by molar-refractivity contribution is 14.0. The van der Waals surface area contributed by atoms with Gasteiger partial charge in [-0.3, -0.25) is 4.99 Å². The average Bonchev–Trinajstić information content (AvgIpc) is 3.13. The molecule has 3 rings (SSSR count). The normalized spacial score (nSPS) is 12.4. The van der Waals surface area contributed by atoms with Crippen LogP contribution in [0.3, 0.4) is 0 Å². The number of hydrogen-bond donors (Lipinski definition) is 3. The fraction of sp³-hybridized carbons (Fsp3) is 0.318. The molecule has 1 unspecified atom stereocenters. The number of para-hydroxylation sites is 1. The molecule has 0 fully saturated rings. The zero-order valence-corrected chi connectivity index (χ0v) is 18.8. The van der Waals surface area contributed by atoms with Gasteiger partial charge in [0.15, 0.2) is 5.96 Å². The van der Waals surface area contributed by atoms with E-state index in [1.165, 1.54) is 10.9 Å². The summed E-state index contributed by atoms with van der Waals surface area (Å²) < 4.78 is 5.90. The van der Waals surface area contributed by atoms with Gasteiger partial charge in [0.05, 0.1) is 12.6 Å². The predicted octanol–water partition coefficient (Wildman–Crippen LogP) is 4.62. The number of ether oxygens (including phenoxy) is 1. The van der Waals surface area contributed by atoms with Crippen molar-refractivity contribution < 1.29 is 4.74 Å². The van der Waals surface area contributed by atoms with Crippen LogP contribution in [0, 0.1) is 0 Å². The zero-order chi connectivity index (χ0) is 18.9. The molecule has 0 aliphatic carbocycles. The van der Waals surface area contributed by atoms with Gasteiger partial charge in [0.1, 0.15) is 0 Å². The summed E-state index contributed by atoms with van der Waals surface area (Å²) >= 11 is 0. The zero-order valence-electron chi connectivity index (χ0n) is 16.4. The number of nitrogens with one attached hydrogen (secondary N) is 3. The van der Waals surface area contributed by atoms with Gasteiger partial charge in [0, 0.05) is 31.4 Å². The largest absolute Gasteiger partial charge is 0.374 e. The SMILES string of the molecule is CN=C(NCCCOC(C)c1ccccc1)NCc1cc2ccccc2[nH]1.I. The minimum Gasteiger partial charge on any atom is -0.374 e. The fourth-order valence-corrected chi connectivity index (χ4v) is 2.99. The molecule has 0 aliphatic rings. The number of hydrogen-bond acceptors (Lipinski definition) is 2. The molecule has 0 radical (unpaired) electrons. The molecular formula is C22H29IN4O. The minimum absolute atomic E-state index is 0. The Labute approximate surface area is 184 Å². The Morgan fingerprint density at radius 2 is 1.82 bits per heavy atom. The molecule has 0 aliphatic heterocycles. The summed E-state index contributed by atoms with van der Waals surface area (Å²) in [4.78, 5) is 7.69. The third-order valence-corrected chi connectivity index (χ3v) is 4.51. The summed E-state index contributed by atoms with van der Waals surface area (Å²) in [6.45, 7) is 4.31. The van der Waals surface area contributed by atoms with Crippen molar-refractivity contribution in [1.29, 1.82) is 0 Å². The van der Waals surface area contributed by atoms with Gasteiger partial charge in [0.25, 0.3) is 0 Å². The lowest BCUT2D eigenvalue weighted by Gasteiger charge is -2.14. The van der Waals surface area contributed by atoms with Crippen molar-refractivity contribution >= 4 is 40.8 Å². The number of fused-ring (bicyclic) bond motifs is 1. The van der Waals surface area contributed by atoms with E-state index < -0.39 is 0 Å². The van der Waals surface area contributed by atoms with Crippen LogP contribution in [0.1, 0.15) is 30.7 Å². The third-order valence-electron chi connectivity index (χ3n) is 4.51. The van der Waals surface area contributed by atoms with Gasteiger partial charge in [-0.25, -0.2) is 0 Å². The van der Waals surface area contributed by atoms with Crippen LogP contribution in [-0.4, -0.2) is 31.1 Å². The first-order chi connectivity index (χ1) is 13.3. The van der Waals surface area contributed by atoms with Crippen LogP contribution in [0.15, 0.2) is 65.7 Å². The minimum atomic E-state index is 0. The van der Waals surface area contributed by atoms with Crippen LogP contribution in [0.4, 0.5) is 0 Å². The number of aliphatic imine (C=N–C) groups is 1. The highest BCUT2D eigenvalue weighted by Crippen LogP contribution is 2.16. The smallest absolute Gasteiger partial charge is 0.191 e. The van der Waals surface area contributed by atoms with Gasteiger partial charge >= 0.3 is 0 Å². The van der Waals surface area contributed by atoms with Gasteiger partial charge in [-0.15, -0.1) is 24.0 Å². The molecule has 1 aromatic heterocycles. The first kappa shape index (κ1) is 22.2. The van der Waals surface area contributed by atoms with Crippen LogP contribution in [-0.2, 0) is 11.3 Å². The van der Waals surface area contributed by atoms with Gasteiger partial charge < -0.3 is 20.4 Å². The molecule has 3 N–H and O–H groups in total. The molecule has 28 heavy (non-hydrogen) atoms. The molecule has 0 amide bonds. The molecule has 3 aromatic rings. The van der Waals surface area contributed by atoms with E-state index in [4.69, 9.17) is 4.74 Å². The summed E-state index contributed by atoms with van der Waals surface area (Å²) in [5.74, 6) is 0.796. The topological polar surface area (TPSA) is 61.4 Å². The standard InChI is InChI=1S/C22H28N4O.HI/c1-17(18-9-4-3-5-10-18)27-14-8-13-24-22(23-2)25-16-20-15-19-11-6-7-12-21(19)26-20;/h3-7,9-12,15,17,26H,8,13-14,16H2,1-2H3,(H2,23,24,25);1H. The number of aromatic amines is 1. The van der Waals surface area contributed by atoms with Crippen molar-refractivity contribution in [3.63, 3.8) is 0 Å².